The van der Waals surface area contributed by atoms with Gasteiger partial charge in [0.25, 0.3) is 0 Å². The van der Waals surface area contributed by atoms with Gasteiger partial charge in [-0.1, -0.05) is 30.3 Å². The van der Waals surface area contributed by atoms with Gasteiger partial charge < -0.3 is 25.6 Å². The average molecular weight is 522 g/mol. The minimum Gasteiger partial charge on any atom is -0.394 e. The number of aliphatic hydroxyl groups is 1. The minimum atomic E-state index is -0.652. The fourth-order valence-corrected chi connectivity index (χ4v) is 6.13. The lowest BCUT2D eigenvalue weighted by atomic mass is 9.91. The maximum atomic E-state index is 13.9. The van der Waals surface area contributed by atoms with E-state index in [1.54, 1.807) is 14.0 Å². The Balaban J connectivity index is 1.41. The van der Waals surface area contributed by atoms with Gasteiger partial charge >= 0.3 is 0 Å². The summed E-state index contributed by atoms with van der Waals surface area (Å²) in [6, 6.07) is 14.2. The van der Waals surface area contributed by atoms with Crippen molar-refractivity contribution in [1.29, 1.82) is 0 Å². The molecule has 1 aromatic heterocycles. The number of amides is 2. The number of halogens is 1. The first-order valence-corrected chi connectivity index (χ1v) is 13.3. The molecule has 5 atom stereocenters. The van der Waals surface area contributed by atoms with Gasteiger partial charge in [0.1, 0.15) is 5.82 Å². The molecule has 0 radical (unpaired) electrons. The van der Waals surface area contributed by atoms with Crippen LogP contribution < -0.4 is 10.6 Å². The van der Waals surface area contributed by atoms with Crippen LogP contribution in [0.4, 0.5) is 4.39 Å². The third kappa shape index (κ3) is 5.18. The van der Waals surface area contributed by atoms with Crippen LogP contribution in [0.2, 0.25) is 0 Å². The Morgan fingerprint density at radius 1 is 1.21 bits per heavy atom. The van der Waals surface area contributed by atoms with Crippen molar-refractivity contribution < 1.29 is 19.1 Å². The monoisotopic (exact) mass is 521 g/mol. The first-order valence-electron chi connectivity index (χ1n) is 13.3. The topological polar surface area (TPSA) is 101 Å². The molecule has 9 heteroatoms. The molecule has 4 N–H and O–H groups in total. The van der Waals surface area contributed by atoms with Crippen molar-refractivity contribution in [2.75, 3.05) is 26.7 Å². The molecule has 3 heterocycles. The molecule has 2 fully saturated rings. The van der Waals surface area contributed by atoms with Crippen LogP contribution in [0, 0.1) is 5.82 Å². The summed E-state index contributed by atoms with van der Waals surface area (Å²) < 4.78 is 13.9. The van der Waals surface area contributed by atoms with Crippen LogP contribution in [0.5, 0.6) is 0 Å². The molecule has 202 valence electrons. The molecule has 0 aliphatic carbocycles. The number of aromatic amines is 1. The number of hydrogen-bond donors (Lipinski definition) is 4. The Bertz CT molecular complexity index is 1280. The van der Waals surface area contributed by atoms with Gasteiger partial charge in [-0.3, -0.25) is 14.5 Å². The summed E-state index contributed by atoms with van der Waals surface area (Å²) in [5.41, 5.74) is 3.05. The van der Waals surface area contributed by atoms with E-state index < -0.39 is 12.1 Å². The van der Waals surface area contributed by atoms with Gasteiger partial charge in [-0.05, 0) is 49.7 Å². The number of aromatic nitrogens is 1. The van der Waals surface area contributed by atoms with Gasteiger partial charge in [-0.2, -0.15) is 0 Å². The van der Waals surface area contributed by atoms with Crippen molar-refractivity contribution in [3.05, 3.63) is 71.7 Å². The van der Waals surface area contributed by atoms with Crippen molar-refractivity contribution in [3.63, 3.8) is 0 Å². The van der Waals surface area contributed by atoms with E-state index >= 15 is 0 Å². The molecule has 0 saturated carbocycles. The maximum Gasteiger partial charge on any atom is 0.237 e. The number of nitrogens with one attached hydrogen (secondary N) is 3. The molecule has 0 bridgehead atoms. The number of hydrogen-bond acceptors (Lipinski definition) is 5. The molecular formula is C29H36FN5O3. The summed E-state index contributed by atoms with van der Waals surface area (Å²) in [4.78, 5) is 33.6. The second-order valence-corrected chi connectivity index (χ2v) is 10.5. The molecule has 2 aliphatic rings. The normalized spacial score (nSPS) is 22.9. The van der Waals surface area contributed by atoms with E-state index in [0.29, 0.717) is 6.54 Å². The fourth-order valence-electron chi connectivity index (χ4n) is 6.13. The number of rotatable bonds is 9. The number of aliphatic hydroxyl groups excluding tert-OH is 1. The van der Waals surface area contributed by atoms with Gasteiger partial charge in [0, 0.05) is 55.1 Å². The highest BCUT2D eigenvalue weighted by atomic mass is 19.1. The SMILES string of the molecule is CNC(C)C(=O)NC(CO)CC(=O)N1CCC2C1C(c1c[nH]c3cc(F)ccc13)CN2Cc1ccccc1. The van der Waals surface area contributed by atoms with Crippen molar-refractivity contribution in [1.82, 2.24) is 25.4 Å². The molecule has 5 rings (SSSR count). The Morgan fingerprint density at radius 3 is 2.74 bits per heavy atom. The lowest BCUT2D eigenvalue weighted by Gasteiger charge is -2.30. The van der Waals surface area contributed by atoms with Crippen molar-refractivity contribution in [2.45, 2.75) is 56.4 Å². The largest absolute Gasteiger partial charge is 0.394 e. The van der Waals surface area contributed by atoms with Crippen LogP contribution in [-0.4, -0.2) is 82.6 Å². The standard InChI is InChI=1S/C29H36FN5O3/c1-18(31-2)29(38)33-21(17-36)13-27(37)35-11-10-26-28(35)24(16-34(26)15-19-6-4-3-5-7-19)23-14-32-25-12-20(30)8-9-22(23)25/h3-9,12,14,18,21,24,26,28,31-32,36H,10-11,13,15-17H2,1-2H3,(H,33,38). The third-order valence-corrected chi connectivity index (χ3v) is 8.17. The maximum absolute atomic E-state index is 13.9. The van der Waals surface area contributed by atoms with Crippen LogP contribution in [-0.2, 0) is 16.1 Å². The zero-order valence-electron chi connectivity index (χ0n) is 21.9. The van der Waals surface area contributed by atoms with E-state index in [-0.39, 0.29) is 48.7 Å². The number of benzene rings is 2. The van der Waals surface area contributed by atoms with E-state index in [2.05, 4.69) is 32.7 Å². The molecule has 2 saturated heterocycles. The third-order valence-electron chi connectivity index (χ3n) is 8.17. The highest BCUT2D eigenvalue weighted by Gasteiger charge is 2.51. The van der Waals surface area contributed by atoms with Crippen LogP contribution in [0.1, 0.15) is 36.8 Å². The molecular weight excluding hydrogens is 485 g/mol. The van der Waals surface area contributed by atoms with E-state index in [9.17, 15) is 19.1 Å². The van der Waals surface area contributed by atoms with Gasteiger partial charge in [-0.25, -0.2) is 4.39 Å². The predicted molar refractivity (Wildman–Crippen MR) is 144 cm³/mol. The lowest BCUT2D eigenvalue weighted by Crippen LogP contribution is -2.49. The zero-order valence-corrected chi connectivity index (χ0v) is 21.9. The predicted octanol–water partition coefficient (Wildman–Crippen LogP) is 2.35. The lowest BCUT2D eigenvalue weighted by molar-refractivity contribution is -0.133. The number of carbonyl (C=O) groups excluding carboxylic acids is 2. The number of H-pyrrole nitrogens is 1. The summed E-state index contributed by atoms with van der Waals surface area (Å²) in [5, 5.41) is 16.5. The Labute approximate surface area is 222 Å². The Morgan fingerprint density at radius 2 is 2.00 bits per heavy atom. The van der Waals surface area contributed by atoms with Crippen LogP contribution in [0.3, 0.4) is 0 Å². The van der Waals surface area contributed by atoms with Crippen molar-refractivity contribution in [2.24, 2.45) is 0 Å². The van der Waals surface area contributed by atoms with E-state index in [4.69, 9.17) is 0 Å². The van der Waals surface area contributed by atoms with Gasteiger partial charge in [0.05, 0.1) is 24.7 Å². The average Bonchev–Trinajstić information content (AvgIpc) is 3.63. The van der Waals surface area contributed by atoms with Crippen LogP contribution in [0.15, 0.2) is 54.7 Å². The number of likely N-dealkylation sites (tertiary alicyclic amines) is 2. The zero-order chi connectivity index (χ0) is 26.8. The summed E-state index contributed by atoms with van der Waals surface area (Å²) in [6.45, 7) is 3.60. The van der Waals surface area contributed by atoms with Crippen molar-refractivity contribution in [3.8, 4) is 0 Å². The molecule has 3 aromatic rings. The molecule has 2 aliphatic heterocycles. The molecule has 0 spiro atoms. The van der Waals surface area contributed by atoms with Crippen LogP contribution in [0.25, 0.3) is 10.9 Å². The van der Waals surface area contributed by atoms with E-state index in [0.717, 1.165) is 36.0 Å². The first-order chi connectivity index (χ1) is 18.4. The van der Waals surface area contributed by atoms with E-state index in [1.165, 1.54) is 17.7 Å². The minimum absolute atomic E-state index is 0.0341. The molecule has 8 nitrogen and oxygen atoms in total. The molecule has 2 amide bonds. The van der Waals surface area contributed by atoms with Gasteiger partial charge in [0.15, 0.2) is 0 Å². The number of fused-ring (bicyclic) bond motifs is 2. The van der Waals surface area contributed by atoms with Gasteiger partial charge in [-0.15, -0.1) is 0 Å². The highest BCUT2D eigenvalue weighted by molar-refractivity contribution is 5.85. The number of carbonyl (C=O) groups is 2. The molecule has 38 heavy (non-hydrogen) atoms. The number of nitrogens with zero attached hydrogens (tertiary/aromatic N) is 2. The van der Waals surface area contributed by atoms with E-state index in [1.807, 2.05) is 35.4 Å². The smallest absolute Gasteiger partial charge is 0.237 e. The summed E-state index contributed by atoms with van der Waals surface area (Å²) in [6.07, 6.45) is 2.84. The summed E-state index contributed by atoms with van der Waals surface area (Å²) >= 11 is 0. The Kier molecular flexibility index (Phi) is 7.78. The molecule has 2 aromatic carbocycles. The van der Waals surface area contributed by atoms with Crippen LogP contribution >= 0.6 is 0 Å². The number of likely N-dealkylation sites (N-methyl/N-ethyl adjacent to an activating group) is 1. The highest BCUT2D eigenvalue weighted by Crippen LogP contribution is 2.43. The Hall–Kier alpha value is -3.27. The first kappa shape index (κ1) is 26.3. The quantitative estimate of drug-likeness (QED) is 0.347. The molecule has 5 unspecified atom stereocenters. The van der Waals surface area contributed by atoms with Gasteiger partial charge in [0.2, 0.25) is 11.8 Å². The second-order valence-electron chi connectivity index (χ2n) is 10.5. The summed E-state index contributed by atoms with van der Waals surface area (Å²) in [7, 11) is 1.69. The summed E-state index contributed by atoms with van der Waals surface area (Å²) in [5.74, 6) is -0.576. The second kappa shape index (κ2) is 11.2. The fraction of sp³-hybridized carbons (Fsp3) is 0.448. The van der Waals surface area contributed by atoms with Crippen molar-refractivity contribution >= 4 is 22.7 Å².